The molecule has 0 amide bonds. The van der Waals surface area contributed by atoms with Crippen molar-refractivity contribution >= 4 is 30.6 Å². The number of methoxy groups -OCH3 is 1. The zero-order valence-corrected chi connectivity index (χ0v) is 24.7. The van der Waals surface area contributed by atoms with Crippen molar-refractivity contribution in [2.75, 3.05) is 7.11 Å². The van der Waals surface area contributed by atoms with E-state index in [1.165, 1.54) is 0 Å². The van der Waals surface area contributed by atoms with E-state index in [2.05, 4.69) is 4.99 Å². The molecule has 7 nitrogen and oxygen atoms in total. The molecule has 0 saturated heterocycles. The Balaban J connectivity index is 0.000000432. The van der Waals surface area contributed by atoms with E-state index in [0.717, 1.165) is 22.4 Å². The van der Waals surface area contributed by atoms with E-state index in [-0.39, 0.29) is 42.8 Å². The fourth-order valence-electron chi connectivity index (χ4n) is 3.27. The summed E-state index contributed by atoms with van der Waals surface area (Å²) in [5, 5.41) is 0. The van der Waals surface area contributed by atoms with Gasteiger partial charge in [-0.1, -0.05) is 88.4 Å². The van der Waals surface area contributed by atoms with E-state index in [1.54, 1.807) is 13.3 Å². The SMILES string of the molecule is CC(C)[C@H](N)C(=O)OCc1ccccc1.COc1ccc(C=N[C@H](C(=O)OCc2ccccc2)C(C)C)cc1.Cl. The maximum atomic E-state index is 12.3. The van der Waals surface area contributed by atoms with Crippen LogP contribution in [0.5, 0.6) is 5.75 Å². The van der Waals surface area contributed by atoms with Crippen LogP contribution in [-0.2, 0) is 32.3 Å². The van der Waals surface area contributed by atoms with Gasteiger partial charge in [-0.05, 0) is 52.8 Å². The molecule has 40 heavy (non-hydrogen) atoms. The monoisotopic (exact) mass is 568 g/mol. The number of nitrogens with two attached hydrogens (primary N) is 1. The summed E-state index contributed by atoms with van der Waals surface area (Å²) in [6.07, 6.45) is 1.70. The van der Waals surface area contributed by atoms with Crippen molar-refractivity contribution in [1.29, 1.82) is 0 Å². The number of carbonyl (C=O) groups is 2. The summed E-state index contributed by atoms with van der Waals surface area (Å²) in [5.74, 6) is 0.304. The molecule has 0 spiro atoms. The number of halogens is 1. The highest BCUT2D eigenvalue weighted by molar-refractivity contribution is 5.85. The molecule has 0 unspecified atom stereocenters. The first-order valence-electron chi connectivity index (χ1n) is 13.0. The first-order chi connectivity index (χ1) is 18.7. The molecule has 3 aromatic rings. The van der Waals surface area contributed by atoms with Crippen LogP contribution in [0.4, 0.5) is 0 Å². The highest BCUT2D eigenvalue weighted by Crippen LogP contribution is 2.13. The molecule has 0 saturated carbocycles. The predicted molar refractivity (Wildman–Crippen MR) is 162 cm³/mol. The molecule has 0 aliphatic heterocycles. The van der Waals surface area contributed by atoms with Crippen LogP contribution in [-0.4, -0.2) is 37.3 Å². The Morgan fingerprint density at radius 2 is 1.23 bits per heavy atom. The molecule has 216 valence electrons. The van der Waals surface area contributed by atoms with Gasteiger partial charge in [0.2, 0.25) is 0 Å². The average Bonchev–Trinajstić information content (AvgIpc) is 2.96. The van der Waals surface area contributed by atoms with Gasteiger partial charge in [0.15, 0.2) is 0 Å². The molecule has 8 heteroatoms. The Labute approximate surface area is 244 Å². The van der Waals surface area contributed by atoms with Crippen molar-refractivity contribution in [1.82, 2.24) is 0 Å². The third kappa shape index (κ3) is 12.5. The summed E-state index contributed by atoms with van der Waals surface area (Å²) >= 11 is 0. The Morgan fingerprint density at radius 3 is 1.65 bits per heavy atom. The zero-order valence-electron chi connectivity index (χ0n) is 23.9. The molecule has 3 aromatic carbocycles. The fraction of sp³-hybridized carbons (Fsp3) is 0.344. The van der Waals surface area contributed by atoms with Gasteiger partial charge in [0.25, 0.3) is 0 Å². The highest BCUT2D eigenvalue weighted by atomic mass is 35.5. The number of rotatable bonds is 11. The molecular weight excluding hydrogens is 528 g/mol. The van der Waals surface area contributed by atoms with Gasteiger partial charge >= 0.3 is 11.9 Å². The number of benzene rings is 3. The smallest absolute Gasteiger partial charge is 0.331 e. The summed E-state index contributed by atoms with van der Waals surface area (Å²) in [6, 6.07) is 25.7. The van der Waals surface area contributed by atoms with Crippen LogP contribution < -0.4 is 10.5 Å². The minimum atomic E-state index is -0.534. The summed E-state index contributed by atoms with van der Waals surface area (Å²) in [7, 11) is 1.63. The van der Waals surface area contributed by atoms with Crippen molar-refractivity contribution in [2.24, 2.45) is 22.6 Å². The molecule has 0 radical (unpaired) electrons. The lowest BCUT2D eigenvalue weighted by Crippen LogP contribution is -2.36. The molecule has 0 aliphatic carbocycles. The molecule has 0 bridgehead atoms. The van der Waals surface area contributed by atoms with E-state index in [4.69, 9.17) is 19.9 Å². The fourth-order valence-corrected chi connectivity index (χ4v) is 3.27. The van der Waals surface area contributed by atoms with Crippen LogP contribution in [0.2, 0.25) is 0 Å². The number of ether oxygens (including phenoxy) is 3. The van der Waals surface area contributed by atoms with Crippen LogP contribution in [0.1, 0.15) is 44.4 Å². The van der Waals surface area contributed by atoms with E-state index in [9.17, 15) is 9.59 Å². The number of hydrogen-bond donors (Lipinski definition) is 1. The van der Waals surface area contributed by atoms with Gasteiger partial charge in [-0.3, -0.25) is 9.79 Å². The van der Waals surface area contributed by atoms with Gasteiger partial charge in [-0.2, -0.15) is 0 Å². The Kier molecular flexibility index (Phi) is 16.0. The van der Waals surface area contributed by atoms with Crippen LogP contribution >= 0.6 is 12.4 Å². The molecular formula is C32H41ClN2O5. The first-order valence-corrected chi connectivity index (χ1v) is 13.0. The van der Waals surface area contributed by atoms with Crippen molar-refractivity contribution in [3.8, 4) is 5.75 Å². The van der Waals surface area contributed by atoms with Gasteiger partial charge in [-0.25, -0.2) is 4.79 Å². The highest BCUT2D eigenvalue weighted by Gasteiger charge is 2.22. The van der Waals surface area contributed by atoms with Crippen LogP contribution in [0.25, 0.3) is 0 Å². The second-order valence-corrected chi connectivity index (χ2v) is 9.70. The summed E-state index contributed by atoms with van der Waals surface area (Å²) in [6.45, 7) is 8.27. The van der Waals surface area contributed by atoms with Crippen molar-refractivity contribution in [3.63, 3.8) is 0 Å². The molecule has 0 aliphatic rings. The predicted octanol–water partition coefficient (Wildman–Crippen LogP) is 6.02. The van der Waals surface area contributed by atoms with Crippen molar-refractivity contribution < 1.29 is 23.8 Å². The van der Waals surface area contributed by atoms with Gasteiger partial charge in [0, 0.05) is 6.21 Å². The molecule has 2 atom stereocenters. The summed E-state index contributed by atoms with van der Waals surface area (Å²) < 4.78 is 15.6. The third-order valence-electron chi connectivity index (χ3n) is 5.81. The molecule has 2 N–H and O–H groups in total. The normalized spacial score (nSPS) is 12.1. The zero-order chi connectivity index (χ0) is 28.6. The van der Waals surface area contributed by atoms with Gasteiger partial charge in [0.05, 0.1) is 7.11 Å². The number of hydrogen-bond acceptors (Lipinski definition) is 7. The average molecular weight is 569 g/mol. The number of aliphatic imine (C=N–C) groups is 1. The molecule has 0 heterocycles. The Bertz CT molecular complexity index is 1150. The van der Waals surface area contributed by atoms with E-state index >= 15 is 0 Å². The lowest BCUT2D eigenvalue weighted by atomic mass is 10.1. The molecule has 0 aromatic heterocycles. The third-order valence-corrected chi connectivity index (χ3v) is 5.81. The lowest BCUT2D eigenvalue weighted by Gasteiger charge is -2.15. The van der Waals surface area contributed by atoms with E-state index in [0.29, 0.717) is 6.61 Å². The standard InChI is InChI=1S/C20H23NO3.C12H17NO2.ClH/c1-15(2)19(20(22)24-14-17-7-5-4-6-8-17)21-13-16-9-11-18(23-3)12-10-16;1-9(2)11(13)12(14)15-8-10-6-4-3-5-7-10;/h4-13,15,19H,14H2,1-3H3;3-7,9,11H,8,13H2,1-2H3;1H/t19-;11-;/m00./s1. The Morgan fingerprint density at radius 1 is 0.750 bits per heavy atom. The number of carbonyl (C=O) groups excluding carboxylic acids is 2. The topological polar surface area (TPSA) is 100 Å². The summed E-state index contributed by atoms with van der Waals surface area (Å²) in [5.41, 5.74) is 8.50. The number of nitrogens with zero attached hydrogens (tertiary/aromatic N) is 1. The number of esters is 2. The van der Waals surface area contributed by atoms with Gasteiger partial charge < -0.3 is 19.9 Å². The minimum absolute atomic E-state index is 0. The van der Waals surface area contributed by atoms with Crippen LogP contribution in [0.3, 0.4) is 0 Å². The van der Waals surface area contributed by atoms with Crippen molar-refractivity contribution in [2.45, 2.75) is 53.0 Å². The van der Waals surface area contributed by atoms with Gasteiger partial charge in [0.1, 0.15) is 31.0 Å². The van der Waals surface area contributed by atoms with Crippen LogP contribution in [0, 0.1) is 11.8 Å². The quantitative estimate of drug-likeness (QED) is 0.224. The molecule has 3 rings (SSSR count). The minimum Gasteiger partial charge on any atom is -0.497 e. The first kappa shape index (κ1) is 34.3. The van der Waals surface area contributed by atoms with Crippen molar-refractivity contribution in [3.05, 3.63) is 102 Å². The second-order valence-electron chi connectivity index (χ2n) is 9.70. The van der Waals surface area contributed by atoms with Crippen LogP contribution in [0.15, 0.2) is 89.9 Å². The van der Waals surface area contributed by atoms with E-state index < -0.39 is 12.1 Å². The lowest BCUT2D eigenvalue weighted by molar-refractivity contribution is -0.148. The maximum Gasteiger partial charge on any atom is 0.331 e. The largest absolute Gasteiger partial charge is 0.497 e. The Hall–Kier alpha value is -3.68. The van der Waals surface area contributed by atoms with E-state index in [1.807, 2.05) is 113 Å². The van der Waals surface area contributed by atoms with Gasteiger partial charge in [-0.15, -0.1) is 12.4 Å². The summed E-state index contributed by atoms with van der Waals surface area (Å²) in [4.78, 5) is 28.2. The maximum absolute atomic E-state index is 12.3. The second kappa shape index (κ2) is 18.6. The molecule has 0 fully saturated rings.